The second-order valence-electron chi connectivity index (χ2n) is 5.08. The third-order valence-corrected chi connectivity index (χ3v) is 3.52. The predicted molar refractivity (Wildman–Crippen MR) is 77.0 cm³/mol. The van der Waals surface area contributed by atoms with Crippen LogP contribution in [0.5, 0.6) is 0 Å². The van der Waals surface area contributed by atoms with Crippen LogP contribution in [0.3, 0.4) is 0 Å². The van der Waals surface area contributed by atoms with Crippen molar-refractivity contribution >= 4 is 17.3 Å². The summed E-state index contributed by atoms with van der Waals surface area (Å²) in [5, 5.41) is 11.6. The fourth-order valence-corrected chi connectivity index (χ4v) is 2.42. The number of hydrogen-bond donors (Lipinski definition) is 2. The molecule has 0 bridgehead atoms. The Balaban J connectivity index is 1.82. The number of nitrogens with zero attached hydrogens (tertiary/aromatic N) is 1. The first kappa shape index (κ1) is 14.4. The molecule has 1 fully saturated rings. The van der Waals surface area contributed by atoms with Gasteiger partial charge in [-0.2, -0.15) is 5.26 Å². The molecule has 1 amide bonds. The molecule has 0 atom stereocenters. The number of carbonyl (C=O) groups excluding carboxylic acids is 1. The van der Waals surface area contributed by atoms with Gasteiger partial charge >= 0.3 is 0 Å². The molecule has 1 aromatic rings. The lowest BCUT2D eigenvalue weighted by Crippen LogP contribution is -2.33. The maximum Gasteiger partial charge on any atom is 0.224 e. The van der Waals surface area contributed by atoms with Crippen molar-refractivity contribution in [2.75, 3.05) is 17.7 Å². The fraction of sp³-hybridized carbons (Fsp3) is 0.467. The van der Waals surface area contributed by atoms with E-state index >= 15 is 0 Å². The van der Waals surface area contributed by atoms with Crippen LogP contribution in [-0.4, -0.2) is 18.6 Å². The van der Waals surface area contributed by atoms with Crippen molar-refractivity contribution in [1.82, 2.24) is 0 Å². The zero-order valence-corrected chi connectivity index (χ0v) is 11.6. The summed E-state index contributed by atoms with van der Waals surface area (Å²) in [6.45, 7) is 2.71. The van der Waals surface area contributed by atoms with Gasteiger partial charge in [0.1, 0.15) is 0 Å². The minimum absolute atomic E-state index is 0.0404. The number of hydrogen-bond acceptors (Lipinski definition) is 4. The zero-order chi connectivity index (χ0) is 14.5. The highest BCUT2D eigenvalue weighted by Gasteiger charge is 2.31. The predicted octanol–water partition coefficient (Wildman–Crippen LogP) is 2.28. The fourth-order valence-electron chi connectivity index (χ4n) is 2.42. The molecule has 1 aliphatic carbocycles. The molecule has 1 aliphatic rings. The number of ether oxygens (including phenoxy) is 1. The monoisotopic (exact) mass is 273 g/mol. The van der Waals surface area contributed by atoms with Crippen LogP contribution in [0.15, 0.2) is 18.2 Å². The standard InChI is InChI=1S/C15H19N3O2/c1-2-20-12-5-11(6-12)8-15(19)18-14-4-3-10(9-16)7-13(14)17/h3-4,7,11-12H,2,5-6,8,17H2,1H3,(H,18,19). The summed E-state index contributed by atoms with van der Waals surface area (Å²) >= 11 is 0. The number of benzene rings is 1. The highest BCUT2D eigenvalue weighted by atomic mass is 16.5. The number of nitriles is 1. The van der Waals surface area contributed by atoms with Crippen LogP contribution in [0.25, 0.3) is 0 Å². The molecule has 0 spiro atoms. The van der Waals surface area contributed by atoms with Gasteiger partial charge in [0.15, 0.2) is 0 Å². The zero-order valence-electron chi connectivity index (χ0n) is 11.6. The summed E-state index contributed by atoms with van der Waals surface area (Å²) in [5.74, 6) is 0.354. The second-order valence-corrected chi connectivity index (χ2v) is 5.08. The molecule has 0 saturated heterocycles. The Labute approximate surface area is 118 Å². The molecule has 20 heavy (non-hydrogen) atoms. The van der Waals surface area contributed by atoms with E-state index in [0.717, 1.165) is 19.4 Å². The van der Waals surface area contributed by atoms with Crippen LogP contribution in [0.1, 0.15) is 31.7 Å². The van der Waals surface area contributed by atoms with Gasteiger partial charge in [0, 0.05) is 13.0 Å². The SMILES string of the molecule is CCOC1CC(CC(=O)Nc2ccc(C#N)cc2N)C1. The lowest BCUT2D eigenvalue weighted by Gasteiger charge is -2.34. The quantitative estimate of drug-likeness (QED) is 0.805. The van der Waals surface area contributed by atoms with Crippen LogP contribution in [0.4, 0.5) is 11.4 Å². The van der Waals surface area contributed by atoms with Crippen molar-refractivity contribution in [3.8, 4) is 6.07 Å². The van der Waals surface area contributed by atoms with Gasteiger partial charge in [0.05, 0.1) is 29.1 Å². The van der Waals surface area contributed by atoms with Gasteiger partial charge in [-0.1, -0.05) is 0 Å². The van der Waals surface area contributed by atoms with E-state index in [1.807, 2.05) is 13.0 Å². The van der Waals surface area contributed by atoms with Crippen molar-refractivity contribution in [3.63, 3.8) is 0 Å². The van der Waals surface area contributed by atoms with Gasteiger partial charge in [-0.3, -0.25) is 4.79 Å². The molecular formula is C15H19N3O2. The lowest BCUT2D eigenvalue weighted by molar-refractivity contribution is -0.119. The molecule has 0 heterocycles. The summed E-state index contributed by atoms with van der Waals surface area (Å²) in [5.41, 5.74) is 7.26. The number of rotatable bonds is 5. The molecule has 1 saturated carbocycles. The highest BCUT2D eigenvalue weighted by molar-refractivity contribution is 5.94. The Hall–Kier alpha value is -2.06. The summed E-state index contributed by atoms with van der Waals surface area (Å²) < 4.78 is 5.47. The number of nitrogen functional groups attached to an aromatic ring is 1. The normalized spacial score (nSPS) is 20.8. The maximum absolute atomic E-state index is 11.9. The Morgan fingerprint density at radius 1 is 1.55 bits per heavy atom. The summed E-state index contributed by atoms with van der Waals surface area (Å²) in [7, 11) is 0. The van der Waals surface area contributed by atoms with E-state index in [1.165, 1.54) is 0 Å². The van der Waals surface area contributed by atoms with Gasteiger partial charge in [-0.25, -0.2) is 0 Å². The summed E-state index contributed by atoms with van der Waals surface area (Å²) in [4.78, 5) is 11.9. The Kier molecular flexibility index (Phi) is 4.59. The van der Waals surface area contributed by atoms with Crippen LogP contribution < -0.4 is 11.1 Å². The number of anilines is 2. The maximum atomic E-state index is 11.9. The Morgan fingerprint density at radius 2 is 2.30 bits per heavy atom. The Bertz CT molecular complexity index is 530. The van der Waals surface area contributed by atoms with Crippen LogP contribution in [0.2, 0.25) is 0 Å². The van der Waals surface area contributed by atoms with Gasteiger partial charge in [-0.05, 0) is 43.9 Å². The van der Waals surface area contributed by atoms with Crippen molar-refractivity contribution in [2.24, 2.45) is 5.92 Å². The molecule has 1 aromatic carbocycles. The van der Waals surface area contributed by atoms with E-state index in [1.54, 1.807) is 18.2 Å². The third-order valence-electron chi connectivity index (χ3n) is 3.52. The number of carbonyl (C=O) groups is 1. The lowest BCUT2D eigenvalue weighted by atomic mass is 9.80. The first-order valence-electron chi connectivity index (χ1n) is 6.83. The minimum Gasteiger partial charge on any atom is -0.397 e. The van der Waals surface area contributed by atoms with Crippen LogP contribution in [0, 0.1) is 17.2 Å². The Morgan fingerprint density at radius 3 is 2.90 bits per heavy atom. The molecule has 5 nitrogen and oxygen atoms in total. The molecule has 0 unspecified atom stereocenters. The van der Waals surface area contributed by atoms with Gasteiger partial charge in [0.2, 0.25) is 5.91 Å². The topological polar surface area (TPSA) is 88.1 Å². The van der Waals surface area contributed by atoms with Crippen molar-refractivity contribution in [2.45, 2.75) is 32.3 Å². The van der Waals surface area contributed by atoms with E-state index in [2.05, 4.69) is 5.32 Å². The first-order valence-corrected chi connectivity index (χ1v) is 6.83. The number of nitrogens with two attached hydrogens (primary N) is 1. The van der Waals surface area contributed by atoms with Crippen molar-refractivity contribution in [3.05, 3.63) is 23.8 Å². The minimum atomic E-state index is -0.0404. The van der Waals surface area contributed by atoms with Gasteiger partial charge in [0.25, 0.3) is 0 Å². The molecule has 0 aromatic heterocycles. The van der Waals surface area contributed by atoms with Gasteiger partial charge in [-0.15, -0.1) is 0 Å². The second kappa shape index (κ2) is 6.40. The highest BCUT2D eigenvalue weighted by Crippen LogP contribution is 2.33. The molecule has 0 aliphatic heterocycles. The van der Waals surface area contributed by atoms with Gasteiger partial charge < -0.3 is 15.8 Å². The van der Waals surface area contributed by atoms with E-state index in [-0.39, 0.29) is 5.91 Å². The van der Waals surface area contributed by atoms with Crippen molar-refractivity contribution in [1.29, 1.82) is 5.26 Å². The average molecular weight is 273 g/mol. The number of nitrogens with one attached hydrogen (secondary N) is 1. The van der Waals surface area contributed by atoms with E-state index in [9.17, 15) is 4.79 Å². The van der Waals surface area contributed by atoms with Crippen LogP contribution in [-0.2, 0) is 9.53 Å². The summed E-state index contributed by atoms with van der Waals surface area (Å²) in [6.07, 6.45) is 2.70. The van der Waals surface area contributed by atoms with E-state index in [4.69, 9.17) is 15.7 Å². The molecule has 0 radical (unpaired) electrons. The largest absolute Gasteiger partial charge is 0.397 e. The molecule has 2 rings (SSSR count). The van der Waals surface area contributed by atoms with Crippen molar-refractivity contribution < 1.29 is 9.53 Å². The molecule has 3 N–H and O–H groups in total. The summed E-state index contributed by atoms with van der Waals surface area (Å²) in [6, 6.07) is 6.87. The number of amides is 1. The molecule has 5 heteroatoms. The first-order chi connectivity index (χ1) is 9.62. The average Bonchev–Trinajstić information content (AvgIpc) is 2.38. The third kappa shape index (κ3) is 3.49. The van der Waals surface area contributed by atoms with E-state index < -0.39 is 0 Å². The molecular weight excluding hydrogens is 254 g/mol. The van der Waals surface area contributed by atoms with E-state index in [0.29, 0.717) is 35.4 Å². The van der Waals surface area contributed by atoms with Crippen LogP contribution >= 0.6 is 0 Å². The molecule has 106 valence electrons. The smallest absolute Gasteiger partial charge is 0.224 e.